The third-order valence-electron chi connectivity index (χ3n) is 0.538. The molecular weight excluding hydrogens is 124 g/mol. The van der Waals surface area contributed by atoms with Crippen molar-refractivity contribution in [2.24, 2.45) is 0 Å². The van der Waals surface area contributed by atoms with Crippen molar-refractivity contribution in [1.29, 1.82) is 0 Å². The molecule has 0 amide bonds. The fourth-order valence-electron chi connectivity index (χ4n) is 0.251. The summed E-state index contributed by atoms with van der Waals surface area (Å²) in [5, 5.41) is 0. The van der Waals surface area contributed by atoms with Crippen molar-refractivity contribution >= 4 is 12.6 Å². The number of hydrogen-bond donors (Lipinski definition) is 0. The maximum atomic E-state index is 9.59. The lowest BCUT2D eigenvalue weighted by Gasteiger charge is -1.96. The topological polar surface area (TPSA) is 52.6 Å². The van der Waals surface area contributed by atoms with E-state index in [-0.39, 0.29) is 20.0 Å². The fourth-order valence-corrected chi connectivity index (χ4v) is 0.251. The van der Waals surface area contributed by atoms with Gasteiger partial charge in [0.1, 0.15) is 32.6 Å². The number of hydrogen-bond acceptors (Lipinski definition) is 4. The third kappa shape index (κ3) is 7.26. The maximum Gasteiger partial charge on any atom is 0.147 e. The molecule has 0 N–H and O–H groups in total. The van der Waals surface area contributed by atoms with Crippen molar-refractivity contribution in [3.63, 3.8) is 0 Å². The maximum absolute atomic E-state index is 9.59. The van der Waals surface area contributed by atoms with E-state index in [1.54, 1.807) is 0 Å². The highest BCUT2D eigenvalue weighted by Crippen LogP contribution is 1.72. The summed E-state index contributed by atoms with van der Waals surface area (Å²) >= 11 is 0. The van der Waals surface area contributed by atoms with Gasteiger partial charge in [0.15, 0.2) is 0 Å². The van der Waals surface area contributed by atoms with E-state index in [2.05, 4.69) is 9.47 Å². The highest BCUT2D eigenvalue weighted by molar-refractivity contribution is 5.50. The van der Waals surface area contributed by atoms with Gasteiger partial charge in [0.2, 0.25) is 0 Å². The van der Waals surface area contributed by atoms with Crippen LogP contribution >= 0.6 is 0 Å². The average Bonchev–Trinajstić information content (AvgIpc) is 1.89. The lowest BCUT2D eigenvalue weighted by atomic mass is 10.8. The van der Waals surface area contributed by atoms with Gasteiger partial charge in [-0.05, 0) is 0 Å². The van der Waals surface area contributed by atoms with Crippen LogP contribution in [-0.2, 0) is 19.1 Å². The lowest BCUT2D eigenvalue weighted by molar-refractivity contribution is -0.123. The molecule has 0 saturated carbocycles. The Labute approximate surface area is 52.7 Å². The first-order valence-corrected chi connectivity index (χ1v) is 2.44. The van der Waals surface area contributed by atoms with Crippen LogP contribution in [0.15, 0.2) is 0 Å². The summed E-state index contributed by atoms with van der Waals surface area (Å²) in [7, 11) is 0. The molecule has 0 aromatic carbocycles. The van der Waals surface area contributed by atoms with Crippen LogP contribution in [0.2, 0.25) is 0 Å². The summed E-state index contributed by atoms with van der Waals surface area (Å²) in [5.74, 6) is 0. The summed E-state index contributed by atoms with van der Waals surface area (Å²) in [4.78, 5) is 19.2. The van der Waals surface area contributed by atoms with Gasteiger partial charge in [-0.2, -0.15) is 0 Å². The minimum Gasteiger partial charge on any atom is -0.348 e. The fraction of sp³-hybridized carbons (Fsp3) is 0.600. The molecule has 4 heteroatoms. The zero-order chi connectivity index (χ0) is 6.95. The van der Waals surface area contributed by atoms with Crippen LogP contribution in [0.25, 0.3) is 0 Å². The molecular formula is C5H8O4. The van der Waals surface area contributed by atoms with Crippen molar-refractivity contribution in [2.45, 2.75) is 0 Å². The van der Waals surface area contributed by atoms with E-state index in [1.165, 1.54) is 0 Å². The second kappa shape index (κ2) is 7.26. The van der Waals surface area contributed by atoms with Gasteiger partial charge in [0.05, 0.1) is 0 Å². The minimum absolute atomic E-state index is 0.00250. The van der Waals surface area contributed by atoms with Gasteiger partial charge in [-0.1, -0.05) is 0 Å². The Morgan fingerprint density at radius 2 is 1.44 bits per heavy atom. The molecule has 0 aliphatic rings. The number of carbonyl (C=O) groups excluding carboxylic acids is 2. The Morgan fingerprint density at radius 3 is 1.78 bits per heavy atom. The Morgan fingerprint density at radius 1 is 1.00 bits per heavy atom. The Hall–Kier alpha value is -0.740. The van der Waals surface area contributed by atoms with Gasteiger partial charge in [-0.15, -0.1) is 0 Å². The van der Waals surface area contributed by atoms with Crippen LogP contribution in [0.3, 0.4) is 0 Å². The highest BCUT2D eigenvalue weighted by Gasteiger charge is 1.83. The molecule has 0 aromatic heterocycles. The predicted octanol–water partition coefficient (Wildman–Crippen LogP) is -0.625. The van der Waals surface area contributed by atoms with E-state index in [0.717, 1.165) is 0 Å². The summed E-state index contributed by atoms with van der Waals surface area (Å²) in [6.07, 6.45) is 1.23. The van der Waals surface area contributed by atoms with Crippen LogP contribution in [0, 0.1) is 0 Å². The van der Waals surface area contributed by atoms with Crippen molar-refractivity contribution in [2.75, 3.05) is 20.0 Å². The van der Waals surface area contributed by atoms with Gasteiger partial charge in [0.25, 0.3) is 0 Å². The molecule has 52 valence electrons. The van der Waals surface area contributed by atoms with Gasteiger partial charge >= 0.3 is 0 Å². The molecule has 0 unspecified atom stereocenters. The molecule has 0 rings (SSSR count). The molecule has 0 bridgehead atoms. The largest absolute Gasteiger partial charge is 0.348 e. The quantitative estimate of drug-likeness (QED) is 0.274. The summed E-state index contributed by atoms with van der Waals surface area (Å²) in [6, 6.07) is 0. The molecule has 0 spiro atoms. The Bertz CT molecular complexity index is 71.0. The minimum atomic E-state index is -0.00250. The summed E-state index contributed by atoms with van der Waals surface area (Å²) in [5.41, 5.74) is 0. The van der Waals surface area contributed by atoms with Crippen molar-refractivity contribution < 1.29 is 19.1 Å². The van der Waals surface area contributed by atoms with E-state index in [4.69, 9.17) is 0 Å². The van der Waals surface area contributed by atoms with Gasteiger partial charge in [0, 0.05) is 0 Å². The molecule has 9 heavy (non-hydrogen) atoms. The SMILES string of the molecule is O=CCOCOCC=O. The smallest absolute Gasteiger partial charge is 0.147 e. The molecule has 0 atom stereocenters. The van der Waals surface area contributed by atoms with E-state index >= 15 is 0 Å². The zero-order valence-corrected chi connectivity index (χ0v) is 4.91. The molecule has 4 nitrogen and oxygen atoms in total. The molecule has 0 fully saturated rings. The second-order valence-electron chi connectivity index (χ2n) is 1.19. The molecule has 0 aliphatic carbocycles. The van der Waals surface area contributed by atoms with Crippen molar-refractivity contribution in [1.82, 2.24) is 0 Å². The van der Waals surface area contributed by atoms with Crippen LogP contribution < -0.4 is 0 Å². The van der Waals surface area contributed by atoms with Crippen LogP contribution in [0.4, 0.5) is 0 Å². The average molecular weight is 132 g/mol. The summed E-state index contributed by atoms with van der Waals surface area (Å²) in [6.45, 7) is 0.0230. The normalized spacial score (nSPS) is 8.89. The van der Waals surface area contributed by atoms with E-state index in [1.807, 2.05) is 0 Å². The van der Waals surface area contributed by atoms with Gasteiger partial charge < -0.3 is 19.1 Å². The Balaban J connectivity index is 2.74. The Kier molecular flexibility index (Phi) is 6.66. The van der Waals surface area contributed by atoms with Gasteiger partial charge in [-0.25, -0.2) is 0 Å². The number of rotatable bonds is 6. The number of carbonyl (C=O) groups is 2. The molecule has 0 aliphatic heterocycles. The molecule has 0 saturated heterocycles. The highest BCUT2D eigenvalue weighted by atomic mass is 16.7. The van der Waals surface area contributed by atoms with E-state index < -0.39 is 0 Å². The molecule has 0 aromatic rings. The molecule has 0 heterocycles. The standard InChI is InChI=1S/C5H8O4/c6-1-3-8-5-9-4-2-7/h1-2H,3-5H2. The van der Waals surface area contributed by atoms with Crippen molar-refractivity contribution in [3.8, 4) is 0 Å². The number of aldehydes is 2. The van der Waals surface area contributed by atoms with E-state index in [0.29, 0.717) is 12.6 Å². The molecule has 0 radical (unpaired) electrons. The lowest BCUT2D eigenvalue weighted by Crippen LogP contribution is -2.03. The number of ether oxygens (including phenoxy) is 2. The van der Waals surface area contributed by atoms with Crippen molar-refractivity contribution in [3.05, 3.63) is 0 Å². The first kappa shape index (κ1) is 8.26. The summed E-state index contributed by atoms with van der Waals surface area (Å²) < 4.78 is 9.07. The van der Waals surface area contributed by atoms with Crippen LogP contribution in [0.5, 0.6) is 0 Å². The third-order valence-corrected chi connectivity index (χ3v) is 0.538. The van der Waals surface area contributed by atoms with E-state index in [9.17, 15) is 9.59 Å². The van der Waals surface area contributed by atoms with Crippen LogP contribution in [0.1, 0.15) is 0 Å². The van der Waals surface area contributed by atoms with Gasteiger partial charge in [-0.3, -0.25) is 0 Å². The zero-order valence-electron chi connectivity index (χ0n) is 4.91. The van der Waals surface area contributed by atoms with Crippen LogP contribution in [-0.4, -0.2) is 32.6 Å². The first-order valence-electron chi connectivity index (χ1n) is 2.44. The predicted molar refractivity (Wildman–Crippen MR) is 28.9 cm³/mol. The second-order valence-corrected chi connectivity index (χ2v) is 1.19. The first-order chi connectivity index (χ1) is 4.41. The monoisotopic (exact) mass is 132 g/mol.